The molecule has 1 aliphatic heterocycles. The fourth-order valence-corrected chi connectivity index (χ4v) is 3.34. The molecule has 0 bridgehead atoms. The van der Waals surface area contributed by atoms with Crippen LogP contribution in [0.4, 0.5) is 0 Å². The fourth-order valence-electron chi connectivity index (χ4n) is 2.47. The second-order valence-electron chi connectivity index (χ2n) is 5.74. The normalized spacial score (nSPS) is 23.2. The van der Waals surface area contributed by atoms with Gasteiger partial charge in [0, 0.05) is 25.6 Å². The maximum Gasteiger partial charge on any atom is 0.311 e. The quantitative estimate of drug-likeness (QED) is 0.722. The lowest BCUT2D eigenvalue weighted by atomic mass is 9.97. The maximum absolute atomic E-state index is 12.0. The molecule has 1 saturated heterocycles. The van der Waals surface area contributed by atoms with Gasteiger partial charge in [-0.3, -0.25) is 9.59 Å². The van der Waals surface area contributed by atoms with Crippen molar-refractivity contribution >= 4 is 21.9 Å². The number of carboxylic acids is 1. The number of nitrogens with zero attached hydrogens (tertiary/aromatic N) is 1. The number of carbonyl (C=O) groups is 2. The summed E-state index contributed by atoms with van der Waals surface area (Å²) in [6.07, 6.45) is 3.35. The molecule has 7 nitrogen and oxygen atoms in total. The van der Waals surface area contributed by atoms with Crippen LogP contribution in [0.2, 0.25) is 0 Å². The van der Waals surface area contributed by atoms with Crippen molar-refractivity contribution in [1.29, 1.82) is 0 Å². The Hall–Kier alpha value is -1.15. The van der Waals surface area contributed by atoms with E-state index < -0.39 is 21.4 Å². The summed E-state index contributed by atoms with van der Waals surface area (Å²) >= 11 is 0. The molecule has 114 valence electrons. The van der Waals surface area contributed by atoms with Crippen LogP contribution in [0.3, 0.4) is 0 Å². The molecule has 1 aliphatic carbocycles. The number of nitrogens with one attached hydrogen (secondary N) is 1. The van der Waals surface area contributed by atoms with E-state index >= 15 is 0 Å². The molecule has 2 N–H and O–H groups in total. The van der Waals surface area contributed by atoms with Gasteiger partial charge in [0.25, 0.3) is 0 Å². The zero-order valence-corrected chi connectivity index (χ0v) is 12.3. The third-order valence-corrected chi connectivity index (χ3v) is 5.51. The Balaban J connectivity index is 1.79. The van der Waals surface area contributed by atoms with Crippen molar-refractivity contribution in [2.24, 2.45) is 11.3 Å². The lowest BCUT2D eigenvalue weighted by molar-refractivity contribution is -0.143. The SMILES string of the molecule is CS(=O)(=O)N1CCC(C(=O)NCC2(C(=O)O)CC2)CC1. The highest BCUT2D eigenvalue weighted by Gasteiger charge is 2.50. The van der Waals surface area contributed by atoms with Crippen LogP contribution in [0.15, 0.2) is 0 Å². The van der Waals surface area contributed by atoms with E-state index in [9.17, 15) is 18.0 Å². The van der Waals surface area contributed by atoms with Crippen LogP contribution in [-0.4, -0.2) is 55.6 Å². The molecule has 2 rings (SSSR count). The Labute approximate surface area is 118 Å². The van der Waals surface area contributed by atoms with E-state index in [2.05, 4.69) is 5.32 Å². The van der Waals surface area contributed by atoms with E-state index in [-0.39, 0.29) is 18.4 Å². The van der Waals surface area contributed by atoms with Gasteiger partial charge < -0.3 is 10.4 Å². The molecule has 0 aromatic heterocycles. The van der Waals surface area contributed by atoms with Gasteiger partial charge in [0.2, 0.25) is 15.9 Å². The van der Waals surface area contributed by atoms with Gasteiger partial charge in [-0.1, -0.05) is 0 Å². The standard InChI is InChI=1S/C12H20N2O5S/c1-20(18,19)14-6-2-9(3-7-14)10(15)13-8-12(4-5-12)11(16)17/h9H,2-8H2,1H3,(H,13,15)(H,16,17). The Morgan fingerprint density at radius 3 is 2.25 bits per heavy atom. The highest BCUT2D eigenvalue weighted by atomic mass is 32.2. The first-order chi connectivity index (χ1) is 9.24. The lowest BCUT2D eigenvalue weighted by Gasteiger charge is -2.29. The van der Waals surface area contributed by atoms with Crippen molar-refractivity contribution < 1.29 is 23.1 Å². The van der Waals surface area contributed by atoms with Crippen molar-refractivity contribution in [1.82, 2.24) is 9.62 Å². The summed E-state index contributed by atoms with van der Waals surface area (Å²) in [7, 11) is -3.19. The zero-order chi connectivity index (χ0) is 15.0. The predicted molar refractivity (Wildman–Crippen MR) is 71.5 cm³/mol. The summed E-state index contributed by atoms with van der Waals surface area (Å²) in [6.45, 7) is 0.870. The number of hydrogen-bond donors (Lipinski definition) is 2. The van der Waals surface area contributed by atoms with Gasteiger partial charge in [0.15, 0.2) is 0 Å². The number of amides is 1. The van der Waals surface area contributed by atoms with E-state index in [0.717, 1.165) is 6.26 Å². The molecule has 0 unspecified atom stereocenters. The van der Waals surface area contributed by atoms with Gasteiger partial charge in [0.05, 0.1) is 11.7 Å². The summed E-state index contributed by atoms with van der Waals surface area (Å²) in [4.78, 5) is 23.0. The van der Waals surface area contributed by atoms with Gasteiger partial charge in [-0.25, -0.2) is 12.7 Å². The van der Waals surface area contributed by atoms with E-state index in [0.29, 0.717) is 38.8 Å². The van der Waals surface area contributed by atoms with Gasteiger partial charge in [-0.2, -0.15) is 0 Å². The minimum absolute atomic E-state index is 0.161. The summed E-state index contributed by atoms with van der Waals surface area (Å²) in [5, 5.41) is 11.7. The first-order valence-electron chi connectivity index (χ1n) is 6.71. The van der Waals surface area contributed by atoms with E-state index in [1.165, 1.54) is 4.31 Å². The van der Waals surface area contributed by atoms with Crippen LogP contribution in [0.5, 0.6) is 0 Å². The fraction of sp³-hybridized carbons (Fsp3) is 0.833. The molecule has 1 heterocycles. The molecule has 20 heavy (non-hydrogen) atoms. The first-order valence-corrected chi connectivity index (χ1v) is 8.56. The van der Waals surface area contributed by atoms with Gasteiger partial charge in [-0.05, 0) is 25.7 Å². The van der Waals surface area contributed by atoms with Crippen LogP contribution in [0.25, 0.3) is 0 Å². The maximum atomic E-state index is 12.0. The molecule has 0 atom stereocenters. The predicted octanol–water partition coefficient (Wildman–Crippen LogP) is -0.361. The topological polar surface area (TPSA) is 104 Å². The summed E-state index contributed by atoms with van der Waals surface area (Å²) in [5.74, 6) is -1.24. The molecular formula is C12H20N2O5S. The van der Waals surface area contributed by atoms with E-state index in [4.69, 9.17) is 5.11 Å². The van der Waals surface area contributed by atoms with E-state index in [1.54, 1.807) is 0 Å². The zero-order valence-electron chi connectivity index (χ0n) is 11.5. The number of hydrogen-bond acceptors (Lipinski definition) is 4. The Kier molecular flexibility index (Phi) is 4.06. The molecule has 1 saturated carbocycles. The average molecular weight is 304 g/mol. The molecule has 0 radical (unpaired) electrons. The largest absolute Gasteiger partial charge is 0.481 e. The van der Waals surface area contributed by atoms with Crippen molar-refractivity contribution in [3.63, 3.8) is 0 Å². The monoisotopic (exact) mass is 304 g/mol. The van der Waals surface area contributed by atoms with Crippen LogP contribution >= 0.6 is 0 Å². The second-order valence-corrected chi connectivity index (χ2v) is 7.72. The molecule has 2 aliphatic rings. The highest BCUT2D eigenvalue weighted by molar-refractivity contribution is 7.88. The summed E-state index contributed by atoms with van der Waals surface area (Å²) in [5.41, 5.74) is -0.761. The number of piperidine rings is 1. The third-order valence-electron chi connectivity index (χ3n) is 4.20. The first kappa shape index (κ1) is 15.2. The molecule has 8 heteroatoms. The number of carbonyl (C=O) groups excluding carboxylic acids is 1. The number of rotatable bonds is 5. The smallest absolute Gasteiger partial charge is 0.311 e. The van der Waals surface area contributed by atoms with Crippen molar-refractivity contribution in [3.8, 4) is 0 Å². The van der Waals surface area contributed by atoms with Crippen LogP contribution in [0, 0.1) is 11.3 Å². The lowest BCUT2D eigenvalue weighted by Crippen LogP contribution is -2.44. The van der Waals surface area contributed by atoms with Crippen LogP contribution in [-0.2, 0) is 19.6 Å². The van der Waals surface area contributed by atoms with Gasteiger partial charge >= 0.3 is 5.97 Å². The molecule has 0 spiro atoms. The molecule has 0 aromatic carbocycles. The Morgan fingerprint density at radius 1 is 1.30 bits per heavy atom. The highest BCUT2D eigenvalue weighted by Crippen LogP contribution is 2.45. The molecular weight excluding hydrogens is 284 g/mol. The minimum atomic E-state index is -3.19. The molecule has 1 amide bonds. The number of aliphatic carboxylic acids is 1. The Bertz CT molecular complexity index is 504. The van der Waals surface area contributed by atoms with Crippen LogP contribution in [0.1, 0.15) is 25.7 Å². The van der Waals surface area contributed by atoms with Gasteiger partial charge in [0.1, 0.15) is 0 Å². The van der Waals surface area contributed by atoms with Gasteiger partial charge in [-0.15, -0.1) is 0 Å². The Morgan fingerprint density at radius 2 is 1.85 bits per heavy atom. The van der Waals surface area contributed by atoms with Crippen molar-refractivity contribution in [3.05, 3.63) is 0 Å². The molecule has 2 fully saturated rings. The van der Waals surface area contributed by atoms with Crippen LogP contribution < -0.4 is 5.32 Å². The third kappa shape index (κ3) is 3.29. The molecule has 0 aromatic rings. The number of carboxylic acid groups (broad SMARTS) is 1. The van der Waals surface area contributed by atoms with Crippen molar-refractivity contribution in [2.75, 3.05) is 25.9 Å². The summed E-state index contributed by atoms with van der Waals surface area (Å²) in [6, 6.07) is 0. The second kappa shape index (κ2) is 5.33. The number of sulfonamides is 1. The van der Waals surface area contributed by atoms with Crippen molar-refractivity contribution in [2.45, 2.75) is 25.7 Å². The van der Waals surface area contributed by atoms with E-state index in [1.807, 2.05) is 0 Å². The minimum Gasteiger partial charge on any atom is -0.481 e. The average Bonchev–Trinajstić information content (AvgIpc) is 3.16. The summed E-state index contributed by atoms with van der Waals surface area (Å²) < 4.78 is 24.1.